The first kappa shape index (κ1) is 10.7. The third-order valence-corrected chi connectivity index (χ3v) is 3.76. The minimum absolute atomic E-state index is 0.254. The van der Waals surface area contributed by atoms with E-state index < -0.39 is 0 Å². The molecule has 2 rings (SSSR count). The molecule has 0 aliphatic heterocycles. The van der Waals surface area contributed by atoms with Crippen LogP contribution in [0.1, 0.15) is 43.2 Å². The van der Waals surface area contributed by atoms with Crippen molar-refractivity contribution in [3.05, 3.63) is 35.4 Å². The van der Waals surface area contributed by atoms with E-state index in [9.17, 15) is 0 Å². The van der Waals surface area contributed by atoms with Gasteiger partial charge in [0.25, 0.3) is 0 Å². The fourth-order valence-electron chi connectivity index (χ4n) is 2.78. The Hall–Kier alpha value is -0.820. The van der Waals surface area contributed by atoms with Gasteiger partial charge in [0.1, 0.15) is 0 Å². The van der Waals surface area contributed by atoms with E-state index in [-0.39, 0.29) is 5.54 Å². The van der Waals surface area contributed by atoms with E-state index in [2.05, 4.69) is 43.6 Å². The number of benzene rings is 1. The maximum Gasteiger partial charge on any atom is 0.0432 e. The minimum atomic E-state index is 0.254. The highest BCUT2D eigenvalue weighted by molar-refractivity contribution is 5.29. The molecule has 0 aromatic heterocycles. The van der Waals surface area contributed by atoms with E-state index in [1.54, 1.807) is 0 Å². The SMILES string of the molecule is CNC1(c2cccc(C)c2)CCCCC1. The zero-order chi connectivity index (χ0) is 10.7. The Balaban J connectivity index is 2.32. The smallest absolute Gasteiger partial charge is 0.0432 e. The van der Waals surface area contributed by atoms with E-state index in [1.807, 2.05) is 0 Å². The van der Waals surface area contributed by atoms with Crippen LogP contribution in [0.5, 0.6) is 0 Å². The molecule has 0 atom stereocenters. The Kier molecular flexibility index (Phi) is 3.11. The first-order chi connectivity index (χ1) is 7.27. The van der Waals surface area contributed by atoms with Crippen LogP contribution in [0.15, 0.2) is 24.3 Å². The molecule has 1 fully saturated rings. The molecule has 0 amide bonds. The van der Waals surface area contributed by atoms with E-state index >= 15 is 0 Å². The number of hydrogen-bond acceptors (Lipinski definition) is 1. The Labute approximate surface area is 92.9 Å². The van der Waals surface area contributed by atoms with Gasteiger partial charge in [0, 0.05) is 5.54 Å². The molecule has 1 aliphatic rings. The minimum Gasteiger partial charge on any atom is -0.310 e. The quantitative estimate of drug-likeness (QED) is 0.777. The molecule has 15 heavy (non-hydrogen) atoms. The Bertz CT molecular complexity index is 324. The van der Waals surface area contributed by atoms with Crippen molar-refractivity contribution in [3.8, 4) is 0 Å². The lowest BCUT2D eigenvalue weighted by Crippen LogP contribution is -2.41. The van der Waals surface area contributed by atoms with Crippen molar-refractivity contribution in [3.63, 3.8) is 0 Å². The van der Waals surface area contributed by atoms with Crippen LogP contribution < -0.4 is 5.32 Å². The molecule has 0 saturated heterocycles. The predicted molar refractivity (Wildman–Crippen MR) is 65.0 cm³/mol. The summed E-state index contributed by atoms with van der Waals surface area (Å²) >= 11 is 0. The van der Waals surface area contributed by atoms with Gasteiger partial charge < -0.3 is 5.32 Å². The lowest BCUT2D eigenvalue weighted by molar-refractivity contribution is 0.250. The van der Waals surface area contributed by atoms with Crippen molar-refractivity contribution < 1.29 is 0 Å². The lowest BCUT2D eigenvalue weighted by atomic mass is 9.76. The standard InChI is InChI=1S/C14H21N/c1-12-7-6-8-13(11-12)14(15-2)9-4-3-5-10-14/h6-8,11,15H,3-5,9-10H2,1-2H3. The van der Waals surface area contributed by atoms with Crippen molar-refractivity contribution in [2.75, 3.05) is 7.05 Å². The molecule has 0 heterocycles. The summed E-state index contributed by atoms with van der Waals surface area (Å²) in [7, 11) is 2.10. The van der Waals surface area contributed by atoms with Gasteiger partial charge in [0.05, 0.1) is 0 Å². The number of rotatable bonds is 2. The molecule has 1 aliphatic carbocycles. The maximum absolute atomic E-state index is 3.56. The first-order valence-electron chi connectivity index (χ1n) is 6.03. The maximum atomic E-state index is 3.56. The molecule has 0 bridgehead atoms. The molecule has 1 heteroatoms. The second kappa shape index (κ2) is 4.36. The van der Waals surface area contributed by atoms with Crippen LogP contribution in [0.3, 0.4) is 0 Å². The van der Waals surface area contributed by atoms with Gasteiger partial charge in [-0.1, -0.05) is 49.1 Å². The molecular weight excluding hydrogens is 182 g/mol. The summed E-state index contributed by atoms with van der Waals surface area (Å²) in [4.78, 5) is 0. The van der Waals surface area contributed by atoms with Crippen LogP contribution in [0.25, 0.3) is 0 Å². The van der Waals surface area contributed by atoms with Gasteiger partial charge in [-0.25, -0.2) is 0 Å². The van der Waals surface area contributed by atoms with Crippen LogP contribution in [-0.2, 0) is 5.54 Å². The summed E-state index contributed by atoms with van der Waals surface area (Å²) in [5.74, 6) is 0. The van der Waals surface area contributed by atoms with Crippen molar-refractivity contribution in [1.29, 1.82) is 0 Å². The third kappa shape index (κ3) is 2.07. The molecule has 0 spiro atoms. The molecule has 1 aromatic rings. The summed E-state index contributed by atoms with van der Waals surface area (Å²) in [6.07, 6.45) is 6.68. The van der Waals surface area contributed by atoms with Gasteiger partial charge >= 0.3 is 0 Å². The largest absolute Gasteiger partial charge is 0.310 e. The normalized spacial score (nSPS) is 20.1. The Morgan fingerprint density at radius 1 is 1.13 bits per heavy atom. The zero-order valence-corrected chi connectivity index (χ0v) is 9.84. The van der Waals surface area contributed by atoms with Gasteiger partial charge in [0.2, 0.25) is 0 Å². The van der Waals surface area contributed by atoms with Crippen LogP contribution in [0.2, 0.25) is 0 Å². The second-order valence-corrected chi connectivity index (χ2v) is 4.76. The summed E-state index contributed by atoms with van der Waals surface area (Å²) in [6.45, 7) is 2.18. The van der Waals surface area contributed by atoms with E-state index in [0.29, 0.717) is 0 Å². The number of hydrogen-bond donors (Lipinski definition) is 1. The van der Waals surface area contributed by atoms with Crippen molar-refractivity contribution in [2.45, 2.75) is 44.6 Å². The monoisotopic (exact) mass is 203 g/mol. The van der Waals surface area contributed by atoms with Crippen LogP contribution in [-0.4, -0.2) is 7.05 Å². The van der Waals surface area contributed by atoms with Crippen molar-refractivity contribution in [2.24, 2.45) is 0 Å². The highest BCUT2D eigenvalue weighted by Gasteiger charge is 2.31. The van der Waals surface area contributed by atoms with Gasteiger partial charge in [-0.2, -0.15) is 0 Å². The summed E-state index contributed by atoms with van der Waals surface area (Å²) in [5, 5.41) is 3.56. The van der Waals surface area contributed by atoms with E-state index in [4.69, 9.17) is 0 Å². The molecule has 82 valence electrons. The fraction of sp³-hybridized carbons (Fsp3) is 0.571. The van der Waals surface area contributed by atoms with Gasteiger partial charge in [-0.15, -0.1) is 0 Å². The van der Waals surface area contributed by atoms with Crippen LogP contribution >= 0.6 is 0 Å². The molecule has 0 radical (unpaired) electrons. The first-order valence-corrected chi connectivity index (χ1v) is 6.03. The number of aryl methyl sites for hydroxylation is 1. The molecule has 1 aromatic carbocycles. The summed E-state index contributed by atoms with van der Waals surface area (Å²) < 4.78 is 0. The predicted octanol–water partition coefficient (Wildman–Crippen LogP) is 3.37. The molecule has 1 N–H and O–H groups in total. The van der Waals surface area contributed by atoms with Crippen LogP contribution in [0.4, 0.5) is 0 Å². The van der Waals surface area contributed by atoms with Crippen LogP contribution in [0, 0.1) is 6.92 Å². The highest BCUT2D eigenvalue weighted by Crippen LogP contribution is 2.36. The van der Waals surface area contributed by atoms with Gasteiger partial charge in [-0.3, -0.25) is 0 Å². The van der Waals surface area contributed by atoms with Gasteiger partial charge in [0.15, 0.2) is 0 Å². The lowest BCUT2D eigenvalue weighted by Gasteiger charge is -2.38. The summed E-state index contributed by atoms with van der Waals surface area (Å²) in [5.41, 5.74) is 3.10. The second-order valence-electron chi connectivity index (χ2n) is 4.76. The highest BCUT2D eigenvalue weighted by atomic mass is 14.9. The van der Waals surface area contributed by atoms with E-state index in [1.165, 1.54) is 43.2 Å². The van der Waals surface area contributed by atoms with E-state index in [0.717, 1.165) is 0 Å². The third-order valence-electron chi connectivity index (χ3n) is 3.76. The Morgan fingerprint density at radius 2 is 1.87 bits per heavy atom. The van der Waals surface area contributed by atoms with Crippen molar-refractivity contribution >= 4 is 0 Å². The Morgan fingerprint density at radius 3 is 2.47 bits per heavy atom. The molecular formula is C14H21N. The zero-order valence-electron chi connectivity index (χ0n) is 9.84. The average molecular weight is 203 g/mol. The molecule has 1 saturated carbocycles. The van der Waals surface area contributed by atoms with Gasteiger partial charge in [-0.05, 0) is 32.4 Å². The molecule has 1 nitrogen and oxygen atoms in total. The van der Waals surface area contributed by atoms with Crippen molar-refractivity contribution in [1.82, 2.24) is 5.32 Å². The number of nitrogens with one attached hydrogen (secondary N) is 1. The molecule has 0 unspecified atom stereocenters. The fourth-order valence-corrected chi connectivity index (χ4v) is 2.78. The average Bonchev–Trinajstić information content (AvgIpc) is 2.30. The topological polar surface area (TPSA) is 12.0 Å². The summed E-state index contributed by atoms with van der Waals surface area (Å²) in [6, 6.07) is 8.96.